The molecule has 0 radical (unpaired) electrons. The zero-order valence-corrected chi connectivity index (χ0v) is 18.1. The molecule has 0 spiro atoms. The molecule has 25 heavy (non-hydrogen) atoms. The lowest BCUT2D eigenvalue weighted by Crippen LogP contribution is -2.42. The fourth-order valence-corrected chi connectivity index (χ4v) is 4.33. The minimum Gasteiger partial charge on any atom is -0.357 e. The van der Waals surface area contributed by atoms with Crippen molar-refractivity contribution >= 4 is 40.0 Å². The van der Waals surface area contributed by atoms with Crippen LogP contribution >= 0.6 is 24.0 Å². The number of rotatable bonds is 7. The molecule has 1 fully saturated rings. The summed E-state index contributed by atoms with van der Waals surface area (Å²) in [5.74, 6) is 0.995. The second-order valence-corrected chi connectivity index (χ2v) is 7.90. The lowest BCUT2D eigenvalue weighted by atomic mass is 10.1. The second kappa shape index (κ2) is 11.0. The molecule has 142 valence electrons. The predicted molar refractivity (Wildman–Crippen MR) is 114 cm³/mol. The molecule has 0 unspecified atom stereocenters. The van der Waals surface area contributed by atoms with E-state index in [4.69, 9.17) is 0 Å². The summed E-state index contributed by atoms with van der Waals surface area (Å²) in [5, 5.41) is 6.43. The Balaban J connectivity index is 0.00000312. The van der Waals surface area contributed by atoms with Crippen LogP contribution in [-0.4, -0.2) is 50.6 Å². The monoisotopic (exact) mass is 480 g/mol. The normalized spacial score (nSPS) is 17.1. The first-order valence-corrected chi connectivity index (χ1v) is 10.2. The van der Waals surface area contributed by atoms with E-state index in [1.807, 2.05) is 19.1 Å². The molecule has 0 aliphatic carbocycles. The third-order valence-corrected chi connectivity index (χ3v) is 6.06. The highest BCUT2D eigenvalue weighted by atomic mass is 127. The molecule has 2 N–H and O–H groups in total. The van der Waals surface area contributed by atoms with E-state index in [0.717, 1.165) is 25.3 Å². The fourth-order valence-electron chi connectivity index (χ4n) is 2.80. The van der Waals surface area contributed by atoms with Crippen molar-refractivity contribution in [2.24, 2.45) is 4.99 Å². The van der Waals surface area contributed by atoms with E-state index in [1.165, 1.54) is 11.1 Å². The van der Waals surface area contributed by atoms with Gasteiger partial charge >= 0.3 is 0 Å². The van der Waals surface area contributed by atoms with E-state index in [1.54, 1.807) is 4.31 Å². The molecule has 0 saturated carbocycles. The Labute approximate surface area is 168 Å². The maximum atomic E-state index is 11.8. The van der Waals surface area contributed by atoms with Crippen LogP contribution in [0.15, 0.2) is 29.3 Å². The number of aryl methyl sites for hydroxylation is 1. The number of hydrogen-bond acceptors (Lipinski definition) is 3. The van der Waals surface area contributed by atoms with Crippen molar-refractivity contribution in [1.82, 2.24) is 14.9 Å². The average Bonchev–Trinajstić information content (AvgIpc) is 2.91. The molecule has 1 aromatic carbocycles. The molecular formula is C17H29IN4O2S. The van der Waals surface area contributed by atoms with Crippen LogP contribution in [0.1, 0.15) is 31.4 Å². The molecule has 0 amide bonds. The van der Waals surface area contributed by atoms with Gasteiger partial charge in [-0.1, -0.05) is 31.2 Å². The van der Waals surface area contributed by atoms with Crippen molar-refractivity contribution in [3.05, 3.63) is 35.4 Å². The van der Waals surface area contributed by atoms with Crippen molar-refractivity contribution in [2.75, 3.05) is 31.9 Å². The summed E-state index contributed by atoms with van der Waals surface area (Å²) in [4.78, 5) is 4.62. The second-order valence-electron chi connectivity index (χ2n) is 5.81. The van der Waals surface area contributed by atoms with E-state index in [2.05, 4.69) is 34.7 Å². The molecule has 6 nitrogen and oxygen atoms in total. The number of sulfonamides is 1. The molecular weight excluding hydrogens is 451 g/mol. The van der Waals surface area contributed by atoms with Gasteiger partial charge in [-0.25, -0.2) is 17.7 Å². The largest absolute Gasteiger partial charge is 0.357 e. The fraction of sp³-hybridized carbons (Fsp3) is 0.588. The van der Waals surface area contributed by atoms with Crippen LogP contribution in [0.2, 0.25) is 0 Å². The zero-order valence-electron chi connectivity index (χ0n) is 15.0. The van der Waals surface area contributed by atoms with Crippen molar-refractivity contribution in [1.29, 1.82) is 0 Å². The first-order valence-electron chi connectivity index (χ1n) is 8.63. The molecule has 8 heteroatoms. The van der Waals surface area contributed by atoms with E-state index >= 15 is 0 Å². The van der Waals surface area contributed by atoms with Gasteiger partial charge in [-0.15, -0.1) is 24.0 Å². The van der Waals surface area contributed by atoms with Crippen LogP contribution in [0, 0.1) is 0 Å². The molecule has 1 aliphatic rings. The van der Waals surface area contributed by atoms with Gasteiger partial charge in [0.05, 0.1) is 12.3 Å². The van der Waals surface area contributed by atoms with Gasteiger partial charge in [0, 0.05) is 26.2 Å². The molecule has 1 aliphatic heterocycles. The Morgan fingerprint density at radius 3 is 2.52 bits per heavy atom. The van der Waals surface area contributed by atoms with Crippen molar-refractivity contribution in [3.63, 3.8) is 0 Å². The molecule has 0 atom stereocenters. The Bertz CT molecular complexity index is 664. The van der Waals surface area contributed by atoms with Crippen LogP contribution < -0.4 is 10.6 Å². The minimum atomic E-state index is -3.03. The first-order chi connectivity index (χ1) is 11.6. The van der Waals surface area contributed by atoms with Gasteiger partial charge in [-0.3, -0.25) is 0 Å². The lowest BCUT2D eigenvalue weighted by molar-refractivity contribution is 0.445. The highest BCUT2D eigenvalue weighted by Crippen LogP contribution is 2.12. The first kappa shape index (κ1) is 22.2. The smallest absolute Gasteiger partial charge is 0.214 e. The Kier molecular flexibility index (Phi) is 9.73. The summed E-state index contributed by atoms with van der Waals surface area (Å²) in [6, 6.07) is 8.31. The van der Waals surface area contributed by atoms with Gasteiger partial charge in [0.1, 0.15) is 0 Å². The van der Waals surface area contributed by atoms with Crippen molar-refractivity contribution < 1.29 is 8.42 Å². The Morgan fingerprint density at radius 1 is 1.20 bits per heavy atom. The van der Waals surface area contributed by atoms with Crippen LogP contribution in [-0.2, 0) is 23.0 Å². The summed E-state index contributed by atoms with van der Waals surface area (Å²) in [6.07, 6.45) is 1.72. The van der Waals surface area contributed by atoms with Gasteiger partial charge in [-0.2, -0.15) is 0 Å². The Morgan fingerprint density at radius 2 is 1.92 bits per heavy atom. The van der Waals surface area contributed by atoms with Crippen LogP contribution in [0.4, 0.5) is 0 Å². The molecule has 1 aromatic rings. The van der Waals surface area contributed by atoms with E-state index in [9.17, 15) is 8.42 Å². The minimum absolute atomic E-state index is 0. The number of nitrogens with one attached hydrogen (secondary N) is 2. The lowest BCUT2D eigenvalue weighted by Gasteiger charge is -2.16. The SMILES string of the molecule is CCNC(=NCc1ccccc1CC)NCCN1CCCS1(=O)=O.I. The quantitative estimate of drug-likeness (QED) is 0.356. The average molecular weight is 480 g/mol. The van der Waals surface area contributed by atoms with Crippen LogP contribution in [0.5, 0.6) is 0 Å². The Hall–Kier alpha value is -0.870. The summed E-state index contributed by atoms with van der Waals surface area (Å²) in [5.41, 5.74) is 2.53. The summed E-state index contributed by atoms with van der Waals surface area (Å²) >= 11 is 0. The third-order valence-electron chi connectivity index (χ3n) is 4.11. The molecule has 0 bridgehead atoms. The molecule has 0 aromatic heterocycles. The number of nitrogens with zero attached hydrogens (tertiary/aromatic N) is 2. The number of aliphatic imine (C=N–C) groups is 1. The summed E-state index contributed by atoms with van der Waals surface area (Å²) < 4.78 is 25.1. The van der Waals surface area contributed by atoms with Crippen molar-refractivity contribution in [3.8, 4) is 0 Å². The number of benzene rings is 1. The highest BCUT2D eigenvalue weighted by Gasteiger charge is 2.27. The zero-order chi connectivity index (χ0) is 17.4. The highest BCUT2D eigenvalue weighted by molar-refractivity contribution is 14.0. The van der Waals surface area contributed by atoms with Gasteiger partial charge in [-0.05, 0) is 30.9 Å². The maximum Gasteiger partial charge on any atom is 0.214 e. The van der Waals surface area contributed by atoms with Crippen LogP contribution in [0.25, 0.3) is 0 Å². The number of halogens is 1. The molecule has 1 heterocycles. The van der Waals surface area contributed by atoms with Crippen molar-refractivity contribution in [2.45, 2.75) is 33.2 Å². The van der Waals surface area contributed by atoms with Gasteiger partial charge < -0.3 is 10.6 Å². The topological polar surface area (TPSA) is 73.8 Å². The summed E-state index contributed by atoms with van der Waals surface area (Å²) in [6.45, 7) is 7.20. The number of guanidine groups is 1. The maximum absolute atomic E-state index is 11.8. The predicted octanol–water partition coefficient (Wildman–Crippen LogP) is 1.96. The summed E-state index contributed by atoms with van der Waals surface area (Å²) in [7, 11) is -3.03. The van der Waals surface area contributed by atoms with Crippen LogP contribution in [0.3, 0.4) is 0 Å². The van der Waals surface area contributed by atoms with E-state index in [-0.39, 0.29) is 29.7 Å². The van der Waals surface area contributed by atoms with Gasteiger partial charge in [0.2, 0.25) is 10.0 Å². The molecule has 2 rings (SSSR count). The van der Waals surface area contributed by atoms with E-state index in [0.29, 0.717) is 26.2 Å². The van der Waals surface area contributed by atoms with E-state index < -0.39 is 10.0 Å². The van der Waals surface area contributed by atoms with Gasteiger partial charge in [0.25, 0.3) is 0 Å². The molecule has 1 saturated heterocycles. The number of hydrogen-bond donors (Lipinski definition) is 2. The van der Waals surface area contributed by atoms with Gasteiger partial charge in [0.15, 0.2) is 5.96 Å². The third kappa shape index (κ3) is 6.74. The standard InChI is InChI=1S/C17H28N4O2S.HI/c1-3-15-8-5-6-9-16(15)14-20-17(18-4-2)19-10-12-21-11-7-13-24(21,22)23;/h5-6,8-9H,3-4,7,10-14H2,1-2H3,(H2,18,19,20);1H.